The van der Waals surface area contributed by atoms with Gasteiger partial charge >= 0.3 is 17.9 Å². The third-order valence-electron chi connectivity index (χ3n) is 15.3. The molecule has 0 saturated heterocycles. The number of hydrogen-bond acceptors (Lipinski definition) is 6. The lowest BCUT2D eigenvalue weighted by molar-refractivity contribution is -0.167. The first-order valence-electron chi connectivity index (χ1n) is 35.4. The van der Waals surface area contributed by atoms with Gasteiger partial charge in [-0.15, -0.1) is 0 Å². The van der Waals surface area contributed by atoms with Crippen molar-refractivity contribution < 1.29 is 28.6 Å². The van der Waals surface area contributed by atoms with Crippen LogP contribution in [-0.4, -0.2) is 37.2 Å². The number of carbonyl (C=O) groups excluding carboxylic acids is 3. The second-order valence-electron chi connectivity index (χ2n) is 23.4. The molecule has 0 aliphatic carbocycles. The van der Waals surface area contributed by atoms with Crippen LogP contribution in [0.1, 0.15) is 342 Å². The molecule has 1 atom stereocenters. The normalized spacial score (nSPS) is 12.8. The highest BCUT2D eigenvalue weighted by Gasteiger charge is 2.19. The number of carbonyl (C=O) groups is 3. The van der Waals surface area contributed by atoms with Crippen molar-refractivity contribution in [1.82, 2.24) is 0 Å². The zero-order chi connectivity index (χ0) is 59.9. The molecular formula is C77H132O6. The topological polar surface area (TPSA) is 78.9 Å². The van der Waals surface area contributed by atoms with Crippen molar-refractivity contribution in [2.75, 3.05) is 13.2 Å². The minimum Gasteiger partial charge on any atom is -0.462 e. The van der Waals surface area contributed by atoms with Crippen LogP contribution < -0.4 is 0 Å². The van der Waals surface area contributed by atoms with Gasteiger partial charge in [-0.05, 0) is 89.9 Å². The third kappa shape index (κ3) is 68.7. The van der Waals surface area contributed by atoms with E-state index in [4.69, 9.17) is 14.2 Å². The molecule has 0 N–H and O–H groups in total. The monoisotopic (exact) mass is 1150 g/mol. The second-order valence-corrected chi connectivity index (χ2v) is 23.4. The zero-order valence-corrected chi connectivity index (χ0v) is 54.7. The van der Waals surface area contributed by atoms with Crippen LogP contribution in [0.25, 0.3) is 0 Å². The summed E-state index contributed by atoms with van der Waals surface area (Å²) < 4.78 is 16.9. The Labute approximate surface area is 514 Å². The quantitative estimate of drug-likeness (QED) is 0.0261. The van der Waals surface area contributed by atoms with Crippen LogP contribution in [-0.2, 0) is 28.6 Å². The Morgan fingerprint density at radius 1 is 0.253 bits per heavy atom. The van der Waals surface area contributed by atoms with Gasteiger partial charge in [0.05, 0.1) is 0 Å². The van der Waals surface area contributed by atoms with E-state index in [0.717, 1.165) is 122 Å². The first-order chi connectivity index (χ1) is 41.0. The molecule has 0 amide bonds. The lowest BCUT2D eigenvalue weighted by Gasteiger charge is -2.18. The van der Waals surface area contributed by atoms with E-state index in [0.29, 0.717) is 19.3 Å². The molecule has 0 aliphatic rings. The summed E-state index contributed by atoms with van der Waals surface area (Å²) in [6.07, 6.45) is 97.0. The zero-order valence-electron chi connectivity index (χ0n) is 54.7. The highest BCUT2D eigenvalue weighted by atomic mass is 16.6. The highest BCUT2D eigenvalue weighted by Crippen LogP contribution is 2.18. The molecule has 0 bridgehead atoms. The van der Waals surface area contributed by atoms with Crippen LogP contribution in [0.2, 0.25) is 0 Å². The summed E-state index contributed by atoms with van der Waals surface area (Å²) >= 11 is 0. The van der Waals surface area contributed by atoms with E-state index in [1.54, 1.807) is 0 Å². The molecule has 0 rings (SSSR count). The van der Waals surface area contributed by atoms with Crippen molar-refractivity contribution >= 4 is 17.9 Å². The van der Waals surface area contributed by atoms with Crippen LogP contribution in [0.3, 0.4) is 0 Å². The maximum Gasteiger partial charge on any atom is 0.306 e. The lowest BCUT2D eigenvalue weighted by atomic mass is 10.0. The van der Waals surface area contributed by atoms with Gasteiger partial charge in [0.2, 0.25) is 0 Å². The van der Waals surface area contributed by atoms with Crippen molar-refractivity contribution in [3.63, 3.8) is 0 Å². The Morgan fingerprint density at radius 2 is 0.470 bits per heavy atom. The van der Waals surface area contributed by atoms with Gasteiger partial charge in [0.15, 0.2) is 6.10 Å². The summed E-state index contributed by atoms with van der Waals surface area (Å²) in [6, 6.07) is 0. The molecule has 0 fully saturated rings. The fraction of sp³-hybridized carbons (Fsp3) is 0.727. The number of rotatable bonds is 64. The molecule has 0 aromatic rings. The summed E-state index contributed by atoms with van der Waals surface area (Å²) in [5.41, 5.74) is 0. The fourth-order valence-corrected chi connectivity index (χ4v) is 10.0. The standard InChI is InChI=1S/C77H132O6/c1-4-7-10-13-16-19-21-23-25-27-29-31-33-35-36-37-38-39-40-42-43-45-47-49-51-53-55-58-61-64-67-70-76(79)82-73-74(72-81-75(78)69-66-63-60-57-18-15-12-9-6-3)83-77(80)71-68-65-62-59-56-54-52-50-48-46-44-41-34-32-30-28-26-24-22-20-17-14-11-8-5-2/h7,10,16,19,23,25,29,31,35-36,38-39,42-43,47,49,53,55,74H,4-6,8-9,11-15,17-18,20-22,24,26-28,30,32-34,37,40-41,44-46,48,50-52,54,56-73H2,1-3H3/b10-7-,19-16-,25-23-,31-29-,36-35-,39-38-,43-42-,49-47-,55-53-. The van der Waals surface area contributed by atoms with Crippen molar-refractivity contribution in [3.8, 4) is 0 Å². The number of allylic oxidation sites excluding steroid dienone is 18. The third-order valence-corrected chi connectivity index (χ3v) is 15.3. The second kappa shape index (κ2) is 70.6. The van der Waals surface area contributed by atoms with E-state index in [1.807, 2.05) is 0 Å². The molecule has 6 heteroatoms. The predicted octanol–water partition coefficient (Wildman–Crippen LogP) is 24.6. The average molecular weight is 1150 g/mol. The summed E-state index contributed by atoms with van der Waals surface area (Å²) in [5.74, 6) is -0.909. The first kappa shape index (κ1) is 79.1. The largest absolute Gasteiger partial charge is 0.462 e. The van der Waals surface area contributed by atoms with Gasteiger partial charge in [-0.2, -0.15) is 0 Å². The van der Waals surface area contributed by atoms with Crippen LogP contribution in [0.15, 0.2) is 109 Å². The van der Waals surface area contributed by atoms with E-state index < -0.39 is 6.10 Å². The molecule has 6 nitrogen and oxygen atoms in total. The maximum absolute atomic E-state index is 12.9. The average Bonchev–Trinajstić information content (AvgIpc) is 3.49. The van der Waals surface area contributed by atoms with Crippen molar-refractivity contribution in [2.45, 2.75) is 348 Å². The molecule has 0 aromatic carbocycles. The van der Waals surface area contributed by atoms with Gasteiger partial charge < -0.3 is 14.2 Å². The van der Waals surface area contributed by atoms with Gasteiger partial charge in [0.25, 0.3) is 0 Å². The number of ether oxygens (including phenoxy) is 3. The van der Waals surface area contributed by atoms with Crippen molar-refractivity contribution in [3.05, 3.63) is 109 Å². The molecule has 0 heterocycles. The summed E-state index contributed by atoms with van der Waals surface area (Å²) in [4.78, 5) is 38.3. The minimum atomic E-state index is -0.790. The highest BCUT2D eigenvalue weighted by molar-refractivity contribution is 5.71. The Bertz CT molecular complexity index is 1660. The van der Waals surface area contributed by atoms with Gasteiger partial charge in [0, 0.05) is 19.3 Å². The van der Waals surface area contributed by atoms with Crippen molar-refractivity contribution in [1.29, 1.82) is 0 Å². The first-order valence-corrected chi connectivity index (χ1v) is 35.4. The SMILES string of the molecule is CC/C=C\C/C=C\C/C=C\C/C=C\C/C=C\C/C=C\C/C=C\C/C=C\C/C=C\CCCCCC(=O)OCC(COC(=O)CCCCCCCCCCC)OC(=O)CCCCCCCCCCCCCCCCCCCCCCCCCCC. The molecular weight excluding hydrogens is 1020 g/mol. The van der Waals surface area contributed by atoms with Gasteiger partial charge in [-0.25, -0.2) is 0 Å². The maximum atomic E-state index is 12.9. The predicted molar refractivity (Wildman–Crippen MR) is 362 cm³/mol. The van der Waals surface area contributed by atoms with E-state index in [-0.39, 0.29) is 31.1 Å². The van der Waals surface area contributed by atoms with Gasteiger partial charge in [-0.3, -0.25) is 14.4 Å². The summed E-state index contributed by atoms with van der Waals surface area (Å²) in [5, 5.41) is 0. The molecule has 0 spiro atoms. The van der Waals surface area contributed by atoms with Crippen LogP contribution in [0.4, 0.5) is 0 Å². The van der Waals surface area contributed by atoms with Crippen molar-refractivity contribution in [2.24, 2.45) is 0 Å². The Balaban J connectivity index is 4.24. The Kier molecular flexibility index (Phi) is 67.2. The number of hydrogen-bond donors (Lipinski definition) is 0. The van der Waals surface area contributed by atoms with E-state index in [9.17, 15) is 14.4 Å². The number of unbranched alkanes of at least 4 members (excludes halogenated alkanes) is 35. The molecule has 0 aliphatic heterocycles. The Hall–Kier alpha value is -3.93. The fourth-order valence-electron chi connectivity index (χ4n) is 10.0. The lowest BCUT2D eigenvalue weighted by Crippen LogP contribution is -2.30. The molecule has 476 valence electrons. The summed E-state index contributed by atoms with van der Waals surface area (Å²) in [7, 11) is 0. The molecule has 0 radical (unpaired) electrons. The summed E-state index contributed by atoms with van der Waals surface area (Å²) in [6.45, 7) is 6.52. The van der Waals surface area contributed by atoms with E-state index >= 15 is 0 Å². The van der Waals surface area contributed by atoms with Gasteiger partial charge in [0.1, 0.15) is 13.2 Å². The molecule has 83 heavy (non-hydrogen) atoms. The van der Waals surface area contributed by atoms with E-state index in [2.05, 4.69) is 130 Å². The molecule has 0 saturated carbocycles. The van der Waals surface area contributed by atoms with Gasteiger partial charge in [-0.1, -0.05) is 342 Å². The van der Waals surface area contributed by atoms with Crippen LogP contribution in [0, 0.1) is 0 Å². The smallest absolute Gasteiger partial charge is 0.306 e. The minimum absolute atomic E-state index is 0.0853. The Morgan fingerprint density at radius 3 is 0.735 bits per heavy atom. The number of esters is 3. The van der Waals surface area contributed by atoms with Crippen LogP contribution >= 0.6 is 0 Å². The molecule has 0 aromatic heterocycles. The van der Waals surface area contributed by atoms with E-state index in [1.165, 1.54) is 180 Å². The van der Waals surface area contributed by atoms with Crippen LogP contribution in [0.5, 0.6) is 0 Å². The molecule has 1 unspecified atom stereocenters.